The van der Waals surface area contributed by atoms with Crippen LogP contribution >= 0.6 is 0 Å². The predicted octanol–water partition coefficient (Wildman–Crippen LogP) is 1.96. The van der Waals surface area contributed by atoms with E-state index in [0.29, 0.717) is 17.6 Å². The summed E-state index contributed by atoms with van der Waals surface area (Å²) in [5, 5.41) is 0. The van der Waals surface area contributed by atoms with Crippen molar-refractivity contribution < 1.29 is 4.74 Å². The Bertz CT molecular complexity index is 326. The van der Waals surface area contributed by atoms with Crippen molar-refractivity contribution >= 4 is 5.82 Å². The van der Waals surface area contributed by atoms with Crippen LogP contribution in [0.5, 0.6) is 0 Å². The van der Waals surface area contributed by atoms with Crippen LogP contribution in [-0.4, -0.2) is 17.1 Å². The summed E-state index contributed by atoms with van der Waals surface area (Å²) in [6, 6.07) is 1.83. The van der Waals surface area contributed by atoms with Gasteiger partial charge in [-0.2, -0.15) is 0 Å². The first-order valence-electron chi connectivity index (χ1n) is 5.19. The molecule has 4 nitrogen and oxygen atoms in total. The van der Waals surface area contributed by atoms with E-state index < -0.39 is 0 Å². The molecule has 0 aliphatic carbocycles. The Kier molecular flexibility index (Phi) is 4.03. The van der Waals surface area contributed by atoms with Gasteiger partial charge in [-0.3, -0.25) is 0 Å². The second-order valence-corrected chi connectivity index (χ2v) is 4.12. The van der Waals surface area contributed by atoms with Crippen molar-refractivity contribution in [3.63, 3.8) is 0 Å². The minimum absolute atomic E-state index is 0.112. The van der Waals surface area contributed by atoms with Gasteiger partial charge in [0.1, 0.15) is 11.9 Å². The van der Waals surface area contributed by atoms with E-state index in [2.05, 4.69) is 23.8 Å². The van der Waals surface area contributed by atoms with Gasteiger partial charge in [0.05, 0.1) is 0 Å². The van der Waals surface area contributed by atoms with Crippen molar-refractivity contribution in [2.75, 3.05) is 12.8 Å². The molecule has 0 bridgehead atoms. The van der Waals surface area contributed by atoms with E-state index in [0.717, 1.165) is 12.1 Å². The van der Waals surface area contributed by atoms with Crippen molar-refractivity contribution in [3.05, 3.63) is 17.6 Å². The third-order valence-electron chi connectivity index (χ3n) is 2.15. The van der Waals surface area contributed by atoms with Gasteiger partial charge < -0.3 is 10.5 Å². The van der Waals surface area contributed by atoms with E-state index in [1.54, 1.807) is 7.11 Å². The Labute approximate surface area is 90.9 Å². The zero-order valence-electron chi connectivity index (χ0n) is 9.82. The molecule has 2 N–H and O–H groups in total. The first-order valence-corrected chi connectivity index (χ1v) is 5.19. The summed E-state index contributed by atoms with van der Waals surface area (Å²) in [5.74, 6) is 1.73. The molecule has 1 aromatic rings. The summed E-state index contributed by atoms with van der Waals surface area (Å²) in [6.07, 6.45) is 0.801. The molecular weight excluding hydrogens is 190 g/mol. The summed E-state index contributed by atoms with van der Waals surface area (Å²) in [4.78, 5) is 8.58. The van der Waals surface area contributed by atoms with Crippen LogP contribution in [0.25, 0.3) is 0 Å². The highest BCUT2D eigenvalue weighted by Crippen LogP contribution is 2.15. The van der Waals surface area contributed by atoms with Gasteiger partial charge in [0.2, 0.25) is 0 Å². The maximum atomic E-state index is 5.72. The number of anilines is 1. The fraction of sp³-hybridized carbons (Fsp3) is 0.636. The molecule has 0 saturated carbocycles. The van der Waals surface area contributed by atoms with E-state index >= 15 is 0 Å². The van der Waals surface area contributed by atoms with Crippen molar-refractivity contribution in [2.45, 2.75) is 33.3 Å². The van der Waals surface area contributed by atoms with Crippen LogP contribution in [0.1, 0.15) is 38.4 Å². The minimum atomic E-state index is -0.112. The molecule has 0 aliphatic rings. The SMILES string of the molecule is COC(C)c1nc(N)cc(CC(C)C)n1. The van der Waals surface area contributed by atoms with Crippen molar-refractivity contribution in [1.29, 1.82) is 0 Å². The Balaban J connectivity index is 2.94. The van der Waals surface area contributed by atoms with Gasteiger partial charge in [-0.15, -0.1) is 0 Å². The van der Waals surface area contributed by atoms with Crippen LogP contribution in [0.3, 0.4) is 0 Å². The third-order valence-corrected chi connectivity index (χ3v) is 2.15. The first-order chi connectivity index (χ1) is 7.02. The molecule has 1 rings (SSSR count). The monoisotopic (exact) mass is 209 g/mol. The molecule has 0 radical (unpaired) electrons. The Morgan fingerprint density at radius 2 is 2.00 bits per heavy atom. The zero-order valence-corrected chi connectivity index (χ0v) is 9.82. The lowest BCUT2D eigenvalue weighted by Crippen LogP contribution is -2.09. The number of nitrogens with two attached hydrogens (primary N) is 1. The minimum Gasteiger partial charge on any atom is -0.384 e. The van der Waals surface area contributed by atoms with Gasteiger partial charge in [-0.25, -0.2) is 9.97 Å². The second-order valence-electron chi connectivity index (χ2n) is 4.12. The van der Waals surface area contributed by atoms with E-state index in [4.69, 9.17) is 10.5 Å². The average molecular weight is 209 g/mol. The van der Waals surface area contributed by atoms with Crippen LogP contribution in [0, 0.1) is 5.92 Å². The van der Waals surface area contributed by atoms with Gasteiger partial charge >= 0.3 is 0 Å². The summed E-state index contributed by atoms with van der Waals surface area (Å²) >= 11 is 0. The van der Waals surface area contributed by atoms with Crippen LogP contribution in [0.2, 0.25) is 0 Å². The topological polar surface area (TPSA) is 61.0 Å². The number of ether oxygens (including phenoxy) is 1. The van der Waals surface area contributed by atoms with Crippen molar-refractivity contribution in [2.24, 2.45) is 5.92 Å². The highest BCUT2D eigenvalue weighted by molar-refractivity contribution is 5.30. The first kappa shape index (κ1) is 11.9. The number of methoxy groups -OCH3 is 1. The normalized spacial score (nSPS) is 13.1. The molecule has 1 heterocycles. The Morgan fingerprint density at radius 3 is 2.53 bits per heavy atom. The number of nitrogens with zero attached hydrogens (tertiary/aromatic N) is 2. The Morgan fingerprint density at radius 1 is 1.33 bits per heavy atom. The summed E-state index contributed by atoms with van der Waals surface area (Å²) in [7, 11) is 1.64. The van der Waals surface area contributed by atoms with Crippen LogP contribution in [-0.2, 0) is 11.2 Å². The van der Waals surface area contributed by atoms with Gasteiger partial charge in [0.25, 0.3) is 0 Å². The molecule has 1 aromatic heterocycles. The summed E-state index contributed by atoms with van der Waals surface area (Å²) in [6.45, 7) is 6.21. The number of nitrogen functional groups attached to an aromatic ring is 1. The molecule has 0 amide bonds. The number of rotatable bonds is 4. The molecule has 0 fully saturated rings. The smallest absolute Gasteiger partial charge is 0.159 e. The summed E-state index contributed by atoms with van der Waals surface area (Å²) in [5.41, 5.74) is 6.70. The quantitative estimate of drug-likeness (QED) is 0.823. The molecule has 1 unspecified atom stereocenters. The van der Waals surface area contributed by atoms with E-state index in [1.165, 1.54) is 0 Å². The molecule has 15 heavy (non-hydrogen) atoms. The van der Waals surface area contributed by atoms with Gasteiger partial charge in [-0.05, 0) is 19.3 Å². The Hall–Kier alpha value is -1.16. The maximum Gasteiger partial charge on any atom is 0.159 e. The fourth-order valence-electron chi connectivity index (χ4n) is 1.35. The van der Waals surface area contributed by atoms with E-state index in [1.807, 2.05) is 13.0 Å². The molecule has 84 valence electrons. The largest absolute Gasteiger partial charge is 0.384 e. The third kappa shape index (κ3) is 3.47. The van der Waals surface area contributed by atoms with Crippen LogP contribution in [0.4, 0.5) is 5.82 Å². The zero-order chi connectivity index (χ0) is 11.4. The molecule has 0 spiro atoms. The van der Waals surface area contributed by atoms with Gasteiger partial charge in [0, 0.05) is 18.9 Å². The average Bonchev–Trinajstić information content (AvgIpc) is 2.14. The molecule has 0 saturated heterocycles. The van der Waals surface area contributed by atoms with Crippen molar-refractivity contribution in [3.8, 4) is 0 Å². The maximum absolute atomic E-state index is 5.72. The number of hydrogen-bond donors (Lipinski definition) is 1. The standard InChI is InChI=1S/C11H19N3O/c1-7(2)5-9-6-10(12)14-11(13-9)8(3)15-4/h6-8H,5H2,1-4H3,(H2,12,13,14). The summed E-state index contributed by atoms with van der Waals surface area (Å²) < 4.78 is 5.17. The highest BCUT2D eigenvalue weighted by Gasteiger charge is 2.10. The highest BCUT2D eigenvalue weighted by atomic mass is 16.5. The molecule has 1 atom stereocenters. The molecule has 4 heteroatoms. The van der Waals surface area contributed by atoms with E-state index in [-0.39, 0.29) is 6.10 Å². The van der Waals surface area contributed by atoms with Gasteiger partial charge in [-0.1, -0.05) is 13.8 Å². The number of hydrogen-bond acceptors (Lipinski definition) is 4. The van der Waals surface area contributed by atoms with Crippen LogP contribution in [0.15, 0.2) is 6.07 Å². The molecule has 0 aromatic carbocycles. The fourth-order valence-corrected chi connectivity index (χ4v) is 1.35. The predicted molar refractivity (Wildman–Crippen MR) is 60.4 cm³/mol. The number of aromatic nitrogens is 2. The molecule has 0 aliphatic heterocycles. The lowest BCUT2D eigenvalue weighted by Gasteiger charge is -2.11. The second kappa shape index (κ2) is 5.07. The van der Waals surface area contributed by atoms with E-state index in [9.17, 15) is 0 Å². The molecular formula is C11H19N3O. The van der Waals surface area contributed by atoms with Crippen LogP contribution < -0.4 is 5.73 Å². The van der Waals surface area contributed by atoms with Gasteiger partial charge in [0.15, 0.2) is 5.82 Å². The lowest BCUT2D eigenvalue weighted by molar-refractivity contribution is 0.112. The van der Waals surface area contributed by atoms with Crippen molar-refractivity contribution in [1.82, 2.24) is 9.97 Å². The lowest BCUT2D eigenvalue weighted by atomic mass is 10.1.